The lowest BCUT2D eigenvalue weighted by molar-refractivity contribution is -0.139. The Bertz CT molecular complexity index is 874. The van der Waals surface area contributed by atoms with Gasteiger partial charge in [0, 0.05) is 12.1 Å². The topological polar surface area (TPSA) is 57.6 Å². The summed E-state index contributed by atoms with van der Waals surface area (Å²) in [6.07, 6.45) is 1.49. The van der Waals surface area contributed by atoms with Crippen LogP contribution in [-0.4, -0.2) is 28.2 Å². The van der Waals surface area contributed by atoms with Crippen LogP contribution in [0, 0.1) is 5.82 Å². The molecule has 0 bridgehead atoms. The Hall–Kier alpha value is -3.21. The van der Waals surface area contributed by atoms with Crippen molar-refractivity contribution in [2.45, 2.75) is 6.04 Å². The van der Waals surface area contributed by atoms with Gasteiger partial charge >= 0.3 is 0 Å². The zero-order chi connectivity index (χ0) is 18.0. The smallest absolute Gasteiger partial charge is 0.295 e. The maximum Gasteiger partial charge on any atom is 0.295 e. The molecule has 1 atom stereocenters. The molecule has 1 N–H and O–H groups in total. The monoisotopic (exact) mass is 337 g/mol. The van der Waals surface area contributed by atoms with Gasteiger partial charge in [0.2, 0.25) is 0 Å². The Labute approximate surface area is 144 Å². The van der Waals surface area contributed by atoms with Gasteiger partial charge in [-0.3, -0.25) is 9.59 Å². The molecule has 126 valence electrons. The molecule has 1 heterocycles. The fraction of sp³-hybridized carbons (Fsp3) is 0.100. The average Bonchev–Trinajstić information content (AvgIpc) is 2.87. The fourth-order valence-corrected chi connectivity index (χ4v) is 2.98. The van der Waals surface area contributed by atoms with Crippen LogP contribution in [0.5, 0.6) is 0 Å². The number of benzene rings is 2. The first-order valence-corrected chi connectivity index (χ1v) is 7.74. The Morgan fingerprint density at radius 3 is 2.52 bits per heavy atom. The summed E-state index contributed by atoms with van der Waals surface area (Å²) in [4.78, 5) is 26.2. The van der Waals surface area contributed by atoms with E-state index in [1.54, 1.807) is 36.4 Å². The first-order chi connectivity index (χ1) is 12.0. The number of aliphatic hydroxyl groups is 1. The van der Waals surface area contributed by atoms with E-state index in [4.69, 9.17) is 0 Å². The van der Waals surface area contributed by atoms with Crippen LogP contribution >= 0.6 is 0 Å². The van der Waals surface area contributed by atoms with Gasteiger partial charge in [0.15, 0.2) is 0 Å². The molecule has 0 aliphatic carbocycles. The van der Waals surface area contributed by atoms with Gasteiger partial charge in [0.05, 0.1) is 11.6 Å². The lowest BCUT2D eigenvalue weighted by Crippen LogP contribution is -2.29. The van der Waals surface area contributed by atoms with Crippen molar-refractivity contribution in [3.05, 3.63) is 89.8 Å². The number of Topliss-reactive ketones (excluding diaryl/α,β-unsaturated/α-hetero) is 1. The van der Waals surface area contributed by atoms with Crippen molar-refractivity contribution in [1.82, 2.24) is 4.90 Å². The van der Waals surface area contributed by atoms with Gasteiger partial charge < -0.3 is 10.0 Å². The third-order valence-corrected chi connectivity index (χ3v) is 4.08. The van der Waals surface area contributed by atoms with Crippen molar-refractivity contribution < 1.29 is 19.1 Å². The molecule has 0 spiro atoms. The summed E-state index contributed by atoms with van der Waals surface area (Å²) in [7, 11) is 0. The molecule has 1 saturated heterocycles. The zero-order valence-electron chi connectivity index (χ0n) is 13.4. The van der Waals surface area contributed by atoms with Gasteiger partial charge in [-0.25, -0.2) is 4.39 Å². The molecule has 1 amide bonds. The van der Waals surface area contributed by atoms with Crippen LogP contribution in [0.3, 0.4) is 0 Å². The first-order valence-electron chi connectivity index (χ1n) is 7.74. The van der Waals surface area contributed by atoms with Crippen LogP contribution in [0.2, 0.25) is 0 Å². The highest BCUT2D eigenvalue weighted by Crippen LogP contribution is 2.39. The lowest BCUT2D eigenvalue weighted by atomic mass is 9.95. The molecular weight excluding hydrogens is 321 g/mol. The predicted octanol–water partition coefficient (Wildman–Crippen LogP) is 3.43. The van der Waals surface area contributed by atoms with E-state index in [1.165, 1.54) is 29.2 Å². The quantitative estimate of drug-likeness (QED) is 0.402. The van der Waals surface area contributed by atoms with Crippen molar-refractivity contribution in [2.75, 3.05) is 6.54 Å². The highest BCUT2D eigenvalue weighted by atomic mass is 19.1. The normalized spacial score (nSPS) is 19.2. The number of aliphatic hydroxyl groups excluding tert-OH is 1. The molecule has 2 aromatic rings. The maximum atomic E-state index is 13.7. The second-order valence-electron chi connectivity index (χ2n) is 5.66. The van der Waals surface area contributed by atoms with Crippen LogP contribution in [0.15, 0.2) is 72.8 Å². The van der Waals surface area contributed by atoms with Crippen molar-refractivity contribution in [2.24, 2.45) is 0 Å². The minimum Gasteiger partial charge on any atom is -0.507 e. The number of carbonyl (C=O) groups excluding carboxylic acids is 2. The molecule has 1 fully saturated rings. The predicted molar refractivity (Wildman–Crippen MR) is 92.0 cm³/mol. The summed E-state index contributed by atoms with van der Waals surface area (Å²) in [6, 6.07) is 13.3. The van der Waals surface area contributed by atoms with Crippen LogP contribution in [0.1, 0.15) is 17.2 Å². The first kappa shape index (κ1) is 16.6. The van der Waals surface area contributed by atoms with Crippen molar-refractivity contribution >= 4 is 17.4 Å². The zero-order valence-corrected chi connectivity index (χ0v) is 13.4. The largest absolute Gasteiger partial charge is 0.507 e. The van der Waals surface area contributed by atoms with Gasteiger partial charge in [0.1, 0.15) is 11.6 Å². The molecule has 25 heavy (non-hydrogen) atoms. The molecule has 0 radical (unpaired) electrons. The molecule has 1 aliphatic heterocycles. The number of likely N-dealkylation sites (tertiary alicyclic amines) is 1. The Balaban J connectivity index is 2.21. The minimum absolute atomic E-state index is 0.0522. The number of carbonyl (C=O) groups is 2. The van der Waals surface area contributed by atoms with Crippen LogP contribution in [0.4, 0.5) is 4.39 Å². The number of halogens is 1. The molecule has 4 nitrogen and oxygen atoms in total. The van der Waals surface area contributed by atoms with E-state index in [2.05, 4.69) is 6.58 Å². The average molecular weight is 337 g/mol. The van der Waals surface area contributed by atoms with Gasteiger partial charge in [-0.05, 0) is 17.7 Å². The van der Waals surface area contributed by atoms with Gasteiger partial charge in [0.25, 0.3) is 11.7 Å². The maximum absolute atomic E-state index is 13.7. The summed E-state index contributed by atoms with van der Waals surface area (Å²) >= 11 is 0. The number of ketones is 1. The third-order valence-electron chi connectivity index (χ3n) is 4.08. The Kier molecular flexibility index (Phi) is 4.48. The van der Waals surface area contributed by atoms with Crippen molar-refractivity contribution in [1.29, 1.82) is 0 Å². The molecular formula is C20H16FNO3. The summed E-state index contributed by atoms with van der Waals surface area (Å²) in [5.74, 6) is -2.30. The second kappa shape index (κ2) is 6.73. The van der Waals surface area contributed by atoms with E-state index < -0.39 is 23.5 Å². The minimum atomic E-state index is -0.867. The van der Waals surface area contributed by atoms with E-state index >= 15 is 0 Å². The van der Waals surface area contributed by atoms with E-state index in [0.29, 0.717) is 11.1 Å². The summed E-state index contributed by atoms with van der Waals surface area (Å²) in [5, 5.41) is 10.7. The van der Waals surface area contributed by atoms with E-state index in [9.17, 15) is 19.1 Å². The van der Waals surface area contributed by atoms with Crippen LogP contribution in [0.25, 0.3) is 5.76 Å². The lowest BCUT2D eigenvalue weighted by Gasteiger charge is -2.24. The molecule has 0 saturated carbocycles. The summed E-state index contributed by atoms with van der Waals surface area (Å²) in [5.41, 5.74) is 0.780. The fourth-order valence-electron chi connectivity index (χ4n) is 2.98. The number of hydrogen-bond acceptors (Lipinski definition) is 3. The van der Waals surface area contributed by atoms with Crippen molar-refractivity contribution in [3.63, 3.8) is 0 Å². The van der Waals surface area contributed by atoms with E-state index in [-0.39, 0.29) is 17.9 Å². The molecule has 1 aliphatic rings. The molecule has 1 unspecified atom stereocenters. The number of rotatable bonds is 4. The Morgan fingerprint density at radius 2 is 1.88 bits per heavy atom. The van der Waals surface area contributed by atoms with Gasteiger partial charge in [-0.15, -0.1) is 6.58 Å². The molecule has 5 heteroatoms. The number of amides is 1. The highest BCUT2D eigenvalue weighted by Gasteiger charge is 2.45. The summed E-state index contributed by atoms with van der Waals surface area (Å²) in [6.45, 7) is 3.71. The third kappa shape index (κ3) is 2.96. The highest BCUT2D eigenvalue weighted by molar-refractivity contribution is 6.46. The van der Waals surface area contributed by atoms with E-state index in [0.717, 1.165) is 0 Å². The van der Waals surface area contributed by atoms with Crippen LogP contribution < -0.4 is 0 Å². The molecule has 3 rings (SSSR count). The summed E-state index contributed by atoms with van der Waals surface area (Å²) < 4.78 is 13.7. The standard InChI is InChI=1S/C20H16FNO3/c1-2-11-22-17(14-9-6-10-15(21)12-14)16(19(24)20(22)25)18(23)13-7-4-3-5-8-13/h2-10,12,17,23H,1,11H2/b18-16+. The van der Waals surface area contributed by atoms with Crippen molar-refractivity contribution in [3.8, 4) is 0 Å². The SMILES string of the molecule is C=CCN1C(=O)C(=O)/C(=C(/O)c2ccccc2)C1c1cccc(F)c1. The molecule has 0 aromatic heterocycles. The van der Waals surface area contributed by atoms with Gasteiger partial charge in [-0.1, -0.05) is 48.5 Å². The molecule has 2 aromatic carbocycles. The Morgan fingerprint density at radius 1 is 1.16 bits per heavy atom. The van der Waals surface area contributed by atoms with Crippen LogP contribution in [-0.2, 0) is 9.59 Å². The van der Waals surface area contributed by atoms with Gasteiger partial charge in [-0.2, -0.15) is 0 Å². The van der Waals surface area contributed by atoms with E-state index in [1.807, 2.05) is 0 Å². The second-order valence-corrected chi connectivity index (χ2v) is 5.66. The number of hydrogen-bond donors (Lipinski definition) is 1. The number of nitrogens with zero attached hydrogens (tertiary/aromatic N) is 1.